The predicted molar refractivity (Wildman–Crippen MR) is 98.8 cm³/mol. The van der Waals surface area contributed by atoms with Gasteiger partial charge in [0.05, 0.1) is 16.9 Å². The number of carbonyl (C=O) groups excluding carboxylic acids is 2. The van der Waals surface area contributed by atoms with Gasteiger partial charge in [0.1, 0.15) is 5.82 Å². The molecule has 2 amide bonds. The van der Waals surface area contributed by atoms with E-state index in [4.69, 9.17) is 11.6 Å². The lowest BCUT2D eigenvalue weighted by Crippen LogP contribution is -2.37. The number of nitrogens with zero attached hydrogens (tertiary/aromatic N) is 1. The van der Waals surface area contributed by atoms with Crippen molar-refractivity contribution in [3.05, 3.63) is 58.9 Å². The number of carbonyl (C=O) groups is 2. The standard InChI is InChI=1S/C20H18ClFN2O2/c21-16-10-13(7-8-17(16)22)23-19(25)14-11-15(14)20(26)24-9-3-5-12-4-1-2-6-18(12)24/h1-2,4,6-8,10,14-15H,3,5,9,11H2,(H,23,25). The first-order valence-corrected chi connectivity index (χ1v) is 9.07. The Morgan fingerprint density at radius 1 is 1.15 bits per heavy atom. The van der Waals surface area contributed by atoms with E-state index < -0.39 is 5.82 Å². The minimum absolute atomic E-state index is 0.00874. The van der Waals surface area contributed by atoms with Gasteiger partial charge in [0.2, 0.25) is 11.8 Å². The van der Waals surface area contributed by atoms with Crippen molar-refractivity contribution in [2.45, 2.75) is 19.3 Å². The Balaban J connectivity index is 1.43. The number of hydrogen-bond donors (Lipinski definition) is 1. The minimum Gasteiger partial charge on any atom is -0.326 e. The molecule has 2 aromatic rings. The molecule has 1 saturated carbocycles. The van der Waals surface area contributed by atoms with E-state index >= 15 is 0 Å². The SMILES string of the molecule is O=C(Nc1ccc(F)c(Cl)c1)C1CC1C(=O)N1CCCc2ccccc21. The zero-order chi connectivity index (χ0) is 18.3. The van der Waals surface area contributed by atoms with Gasteiger partial charge in [-0.05, 0) is 49.1 Å². The van der Waals surface area contributed by atoms with E-state index in [1.165, 1.54) is 23.8 Å². The molecule has 0 saturated heterocycles. The van der Waals surface area contributed by atoms with Crippen LogP contribution in [0.1, 0.15) is 18.4 Å². The number of nitrogens with one attached hydrogen (secondary N) is 1. The van der Waals surface area contributed by atoms with Gasteiger partial charge >= 0.3 is 0 Å². The number of anilines is 2. The maximum Gasteiger partial charge on any atom is 0.230 e. The van der Waals surface area contributed by atoms with Crippen LogP contribution in [-0.2, 0) is 16.0 Å². The third kappa shape index (κ3) is 3.19. The Morgan fingerprint density at radius 3 is 2.77 bits per heavy atom. The van der Waals surface area contributed by atoms with Crippen molar-refractivity contribution in [3.63, 3.8) is 0 Å². The van der Waals surface area contributed by atoms with E-state index in [1.54, 1.807) is 0 Å². The molecule has 1 aliphatic heterocycles. The summed E-state index contributed by atoms with van der Waals surface area (Å²) in [6.45, 7) is 0.689. The summed E-state index contributed by atoms with van der Waals surface area (Å²) in [5, 5.41) is 2.67. The van der Waals surface area contributed by atoms with Gasteiger partial charge < -0.3 is 10.2 Å². The van der Waals surface area contributed by atoms with Crippen molar-refractivity contribution in [3.8, 4) is 0 Å². The van der Waals surface area contributed by atoms with Gasteiger partial charge in [0, 0.05) is 17.9 Å². The molecular weight excluding hydrogens is 355 g/mol. The number of aryl methyl sites for hydroxylation is 1. The normalized spacial score (nSPS) is 21.1. The molecule has 1 fully saturated rings. The Labute approximate surface area is 155 Å². The van der Waals surface area contributed by atoms with Crippen LogP contribution < -0.4 is 10.2 Å². The molecule has 4 nitrogen and oxygen atoms in total. The number of fused-ring (bicyclic) bond motifs is 1. The van der Waals surface area contributed by atoms with Gasteiger partial charge in [0.25, 0.3) is 0 Å². The summed E-state index contributed by atoms with van der Waals surface area (Å²) >= 11 is 5.73. The lowest BCUT2D eigenvalue weighted by molar-refractivity contribution is -0.123. The number of halogens is 2. The highest BCUT2D eigenvalue weighted by molar-refractivity contribution is 6.31. The first-order chi connectivity index (χ1) is 12.5. The minimum atomic E-state index is -0.534. The van der Waals surface area contributed by atoms with Crippen molar-refractivity contribution in [2.24, 2.45) is 11.8 Å². The first-order valence-electron chi connectivity index (χ1n) is 8.70. The van der Waals surface area contributed by atoms with Crippen molar-refractivity contribution >= 4 is 34.8 Å². The molecule has 134 valence electrons. The van der Waals surface area contributed by atoms with E-state index in [1.807, 2.05) is 29.2 Å². The predicted octanol–water partition coefficient (Wildman–Crippen LogP) is 4.03. The van der Waals surface area contributed by atoms with Crippen molar-refractivity contribution in [2.75, 3.05) is 16.8 Å². The maximum absolute atomic E-state index is 13.2. The molecule has 1 N–H and O–H groups in total. The summed E-state index contributed by atoms with van der Waals surface area (Å²) in [5.74, 6) is -1.39. The Bertz CT molecular complexity index is 886. The zero-order valence-corrected chi connectivity index (χ0v) is 14.8. The first kappa shape index (κ1) is 17.0. The lowest BCUT2D eigenvalue weighted by Gasteiger charge is -2.29. The van der Waals surface area contributed by atoms with Gasteiger partial charge in [-0.2, -0.15) is 0 Å². The molecule has 0 radical (unpaired) electrons. The van der Waals surface area contributed by atoms with Crippen LogP contribution in [0.2, 0.25) is 5.02 Å². The second-order valence-electron chi connectivity index (χ2n) is 6.79. The average molecular weight is 373 g/mol. The van der Waals surface area contributed by atoms with Crippen LogP contribution in [0.5, 0.6) is 0 Å². The number of rotatable bonds is 3. The van der Waals surface area contributed by atoms with E-state index in [0.717, 1.165) is 18.5 Å². The number of benzene rings is 2. The number of para-hydroxylation sites is 1. The highest BCUT2D eigenvalue weighted by atomic mass is 35.5. The van der Waals surface area contributed by atoms with Gasteiger partial charge in [-0.3, -0.25) is 9.59 Å². The van der Waals surface area contributed by atoms with E-state index in [-0.39, 0.29) is 28.7 Å². The second-order valence-corrected chi connectivity index (χ2v) is 7.20. The molecule has 2 unspecified atom stereocenters. The van der Waals surface area contributed by atoms with Crippen LogP contribution in [0.3, 0.4) is 0 Å². The van der Waals surface area contributed by atoms with Crippen LogP contribution in [0.4, 0.5) is 15.8 Å². The van der Waals surface area contributed by atoms with Gasteiger partial charge in [-0.25, -0.2) is 4.39 Å². The van der Waals surface area contributed by atoms with Gasteiger partial charge in [-0.1, -0.05) is 29.8 Å². The molecule has 2 atom stereocenters. The fraction of sp³-hybridized carbons (Fsp3) is 0.300. The van der Waals surface area contributed by atoms with E-state index in [2.05, 4.69) is 5.32 Å². The molecule has 0 aromatic heterocycles. The molecule has 0 bridgehead atoms. The molecule has 6 heteroatoms. The Hall–Kier alpha value is -2.40. The largest absolute Gasteiger partial charge is 0.326 e. The quantitative estimate of drug-likeness (QED) is 0.884. The summed E-state index contributed by atoms with van der Waals surface area (Å²) in [4.78, 5) is 27.1. The molecule has 1 heterocycles. The average Bonchev–Trinajstić information content (AvgIpc) is 3.45. The summed E-state index contributed by atoms with van der Waals surface area (Å²) in [5.41, 5.74) is 2.57. The molecule has 4 rings (SSSR count). The summed E-state index contributed by atoms with van der Waals surface area (Å²) in [6, 6.07) is 12.0. The summed E-state index contributed by atoms with van der Waals surface area (Å²) in [6.07, 6.45) is 2.44. The smallest absolute Gasteiger partial charge is 0.230 e. The molecule has 2 aromatic carbocycles. The van der Waals surface area contributed by atoms with Crippen LogP contribution in [-0.4, -0.2) is 18.4 Å². The van der Waals surface area contributed by atoms with Crippen molar-refractivity contribution in [1.29, 1.82) is 0 Å². The fourth-order valence-corrected chi connectivity index (χ4v) is 3.71. The highest BCUT2D eigenvalue weighted by Crippen LogP contribution is 2.42. The Kier molecular flexibility index (Phi) is 4.41. The molecular formula is C20H18ClFN2O2. The van der Waals surface area contributed by atoms with E-state index in [0.29, 0.717) is 18.7 Å². The van der Waals surface area contributed by atoms with Gasteiger partial charge in [-0.15, -0.1) is 0 Å². The maximum atomic E-state index is 13.2. The van der Waals surface area contributed by atoms with Crippen LogP contribution in [0, 0.1) is 17.7 Å². The fourth-order valence-electron chi connectivity index (χ4n) is 3.53. The number of hydrogen-bond acceptors (Lipinski definition) is 2. The third-order valence-corrected chi connectivity index (χ3v) is 5.30. The van der Waals surface area contributed by atoms with Crippen LogP contribution >= 0.6 is 11.6 Å². The van der Waals surface area contributed by atoms with Gasteiger partial charge in [0.15, 0.2) is 0 Å². The lowest BCUT2D eigenvalue weighted by atomic mass is 10.0. The van der Waals surface area contributed by atoms with Crippen LogP contribution in [0.15, 0.2) is 42.5 Å². The van der Waals surface area contributed by atoms with Crippen molar-refractivity contribution < 1.29 is 14.0 Å². The Morgan fingerprint density at radius 2 is 1.96 bits per heavy atom. The second kappa shape index (κ2) is 6.72. The number of amides is 2. The van der Waals surface area contributed by atoms with Crippen LogP contribution in [0.25, 0.3) is 0 Å². The highest BCUT2D eigenvalue weighted by Gasteiger charge is 2.50. The third-order valence-electron chi connectivity index (χ3n) is 5.01. The topological polar surface area (TPSA) is 49.4 Å². The summed E-state index contributed by atoms with van der Waals surface area (Å²) in [7, 11) is 0. The summed E-state index contributed by atoms with van der Waals surface area (Å²) < 4.78 is 13.2. The molecule has 0 spiro atoms. The zero-order valence-electron chi connectivity index (χ0n) is 14.0. The molecule has 26 heavy (non-hydrogen) atoms. The van der Waals surface area contributed by atoms with Crippen molar-refractivity contribution in [1.82, 2.24) is 0 Å². The molecule has 2 aliphatic rings. The molecule has 1 aliphatic carbocycles. The van der Waals surface area contributed by atoms with E-state index in [9.17, 15) is 14.0 Å². The monoisotopic (exact) mass is 372 g/mol.